The molecule has 0 aliphatic heterocycles. The Labute approximate surface area is 203 Å². The summed E-state index contributed by atoms with van der Waals surface area (Å²) in [5.74, 6) is 1.03. The lowest BCUT2D eigenvalue weighted by atomic mass is 10.0. The number of amides is 3. The smallest absolute Gasteiger partial charge is 0.319 e. The number of hydrogen-bond donors (Lipinski definition) is 3. The Kier molecular flexibility index (Phi) is 7.65. The van der Waals surface area contributed by atoms with Crippen LogP contribution in [0.25, 0.3) is 11.1 Å². The molecule has 2 heterocycles. The Morgan fingerprint density at radius 1 is 0.886 bits per heavy atom. The zero-order valence-electron chi connectivity index (χ0n) is 19.2. The largest absolute Gasteiger partial charge is 0.489 e. The molecule has 4 aromatic rings. The predicted octanol–water partition coefficient (Wildman–Crippen LogP) is 5.00. The summed E-state index contributed by atoms with van der Waals surface area (Å²) in [4.78, 5) is 31.7. The molecule has 8 heteroatoms. The van der Waals surface area contributed by atoms with Crippen molar-refractivity contribution < 1.29 is 14.3 Å². The van der Waals surface area contributed by atoms with Crippen molar-refractivity contribution in [3.8, 4) is 16.9 Å². The second-order valence-corrected chi connectivity index (χ2v) is 7.75. The topological polar surface area (TPSA) is 105 Å². The SMILES string of the molecule is CC(=O)Nc1ccc(-c2ccccc2COc2ccc(NC(=O)NCc3cccnc3)cc2)cn1. The van der Waals surface area contributed by atoms with Gasteiger partial charge in [-0.1, -0.05) is 30.3 Å². The molecule has 3 N–H and O–H groups in total. The number of rotatable bonds is 8. The molecule has 176 valence electrons. The monoisotopic (exact) mass is 467 g/mol. The van der Waals surface area contributed by atoms with Gasteiger partial charge in [-0.2, -0.15) is 0 Å². The van der Waals surface area contributed by atoms with Gasteiger partial charge in [0.25, 0.3) is 0 Å². The summed E-state index contributed by atoms with van der Waals surface area (Å²) >= 11 is 0. The third kappa shape index (κ3) is 6.88. The molecular weight excluding hydrogens is 442 g/mol. The fourth-order valence-corrected chi connectivity index (χ4v) is 3.39. The standard InChI is InChI=1S/C27H25N5O3/c1-19(33)31-26-13-8-21(17-29-26)25-7-3-2-6-22(25)18-35-24-11-9-23(10-12-24)32-27(34)30-16-20-5-4-14-28-15-20/h2-15,17H,16,18H2,1H3,(H,29,31,33)(H2,30,32,34). The molecule has 0 unspecified atom stereocenters. The average molecular weight is 468 g/mol. The molecule has 0 aliphatic carbocycles. The highest BCUT2D eigenvalue weighted by atomic mass is 16.5. The van der Waals surface area contributed by atoms with Crippen LogP contribution in [0.3, 0.4) is 0 Å². The van der Waals surface area contributed by atoms with Crippen LogP contribution in [-0.4, -0.2) is 21.9 Å². The number of hydrogen-bond acceptors (Lipinski definition) is 5. The zero-order valence-corrected chi connectivity index (χ0v) is 19.2. The zero-order chi connectivity index (χ0) is 24.5. The molecule has 3 amide bonds. The van der Waals surface area contributed by atoms with Crippen molar-refractivity contribution >= 4 is 23.4 Å². The molecule has 8 nitrogen and oxygen atoms in total. The number of pyridine rings is 2. The van der Waals surface area contributed by atoms with Crippen LogP contribution < -0.4 is 20.7 Å². The first-order chi connectivity index (χ1) is 17.1. The second kappa shape index (κ2) is 11.4. The lowest BCUT2D eigenvalue weighted by Crippen LogP contribution is -2.28. The summed E-state index contributed by atoms with van der Waals surface area (Å²) in [6.45, 7) is 2.21. The highest BCUT2D eigenvalue weighted by Crippen LogP contribution is 2.25. The molecule has 0 spiro atoms. The third-order valence-electron chi connectivity index (χ3n) is 5.08. The van der Waals surface area contributed by atoms with Crippen molar-refractivity contribution in [1.82, 2.24) is 15.3 Å². The van der Waals surface area contributed by atoms with Crippen LogP contribution in [0.1, 0.15) is 18.1 Å². The number of nitrogens with zero attached hydrogens (tertiary/aromatic N) is 2. The van der Waals surface area contributed by atoms with Gasteiger partial charge in [0.15, 0.2) is 0 Å². The molecule has 0 saturated carbocycles. The van der Waals surface area contributed by atoms with Crippen molar-refractivity contribution in [2.45, 2.75) is 20.1 Å². The first kappa shape index (κ1) is 23.4. The van der Waals surface area contributed by atoms with E-state index in [1.165, 1.54) is 6.92 Å². The summed E-state index contributed by atoms with van der Waals surface area (Å²) in [5.41, 5.74) is 4.50. The summed E-state index contributed by atoms with van der Waals surface area (Å²) in [5, 5.41) is 8.27. The number of ether oxygens (including phenoxy) is 1. The van der Waals surface area contributed by atoms with Crippen LogP contribution >= 0.6 is 0 Å². The van der Waals surface area contributed by atoms with Crippen LogP contribution in [0.5, 0.6) is 5.75 Å². The highest BCUT2D eigenvalue weighted by molar-refractivity contribution is 5.89. The number of urea groups is 1. The van der Waals surface area contributed by atoms with Gasteiger partial charge < -0.3 is 20.7 Å². The van der Waals surface area contributed by atoms with Crippen LogP contribution in [-0.2, 0) is 17.9 Å². The minimum atomic E-state index is -0.297. The van der Waals surface area contributed by atoms with E-state index in [4.69, 9.17) is 4.74 Å². The van der Waals surface area contributed by atoms with E-state index in [2.05, 4.69) is 25.9 Å². The van der Waals surface area contributed by atoms with E-state index in [1.54, 1.807) is 36.8 Å². The molecule has 2 aromatic carbocycles. The molecule has 0 aliphatic rings. The normalized spacial score (nSPS) is 10.3. The van der Waals surface area contributed by atoms with Crippen molar-refractivity contribution in [2.75, 3.05) is 10.6 Å². The Morgan fingerprint density at radius 2 is 1.71 bits per heavy atom. The van der Waals surface area contributed by atoms with Crippen LogP contribution in [0.4, 0.5) is 16.3 Å². The molecule has 35 heavy (non-hydrogen) atoms. The number of anilines is 2. The predicted molar refractivity (Wildman–Crippen MR) is 135 cm³/mol. The van der Waals surface area contributed by atoms with E-state index >= 15 is 0 Å². The number of carbonyl (C=O) groups excluding carboxylic acids is 2. The lowest BCUT2D eigenvalue weighted by molar-refractivity contribution is -0.114. The van der Waals surface area contributed by atoms with Gasteiger partial charge in [-0.25, -0.2) is 9.78 Å². The molecule has 0 bridgehead atoms. The van der Waals surface area contributed by atoms with Crippen LogP contribution in [0, 0.1) is 0 Å². The number of nitrogens with one attached hydrogen (secondary N) is 3. The van der Waals surface area contributed by atoms with Crippen molar-refractivity contribution in [2.24, 2.45) is 0 Å². The first-order valence-corrected chi connectivity index (χ1v) is 11.1. The Balaban J connectivity index is 1.33. The van der Waals surface area contributed by atoms with E-state index in [9.17, 15) is 9.59 Å². The Bertz CT molecular complexity index is 1280. The maximum Gasteiger partial charge on any atom is 0.319 e. The van der Waals surface area contributed by atoms with Crippen molar-refractivity contribution in [3.63, 3.8) is 0 Å². The van der Waals surface area contributed by atoms with Crippen molar-refractivity contribution in [3.05, 3.63) is 103 Å². The van der Waals surface area contributed by atoms with Gasteiger partial charge in [0, 0.05) is 43.3 Å². The quantitative estimate of drug-likeness (QED) is 0.338. The summed E-state index contributed by atoms with van der Waals surface area (Å²) in [6.07, 6.45) is 5.13. The van der Waals surface area contributed by atoms with Gasteiger partial charge in [-0.3, -0.25) is 9.78 Å². The van der Waals surface area contributed by atoms with Gasteiger partial charge in [-0.05, 0) is 59.2 Å². The highest BCUT2D eigenvalue weighted by Gasteiger charge is 2.08. The van der Waals surface area contributed by atoms with Gasteiger partial charge in [0.2, 0.25) is 5.91 Å². The second-order valence-electron chi connectivity index (χ2n) is 7.75. The minimum absolute atomic E-state index is 0.161. The van der Waals surface area contributed by atoms with E-state index in [1.807, 2.05) is 54.6 Å². The van der Waals surface area contributed by atoms with Crippen LogP contribution in [0.2, 0.25) is 0 Å². The van der Waals surface area contributed by atoms with E-state index in [0.29, 0.717) is 30.4 Å². The molecule has 4 rings (SSSR count). The van der Waals surface area contributed by atoms with Gasteiger partial charge >= 0.3 is 6.03 Å². The summed E-state index contributed by atoms with van der Waals surface area (Å²) in [7, 11) is 0. The molecule has 0 atom stereocenters. The number of benzene rings is 2. The Hall–Kier alpha value is -4.72. The maximum atomic E-state index is 12.1. The average Bonchev–Trinajstić information content (AvgIpc) is 2.88. The molecule has 2 aromatic heterocycles. The van der Waals surface area contributed by atoms with Gasteiger partial charge in [0.1, 0.15) is 18.2 Å². The third-order valence-corrected chi connectivity index (χ3v) is 5.08. The van der Waals surface area contributed by atoms with Gasteiger partial charge in [0.05, 0.1) is 0 Å². The fraction of sp³-hybridized carbons (Fsp3) is 0.111. The number of aromatic nitrogens is 2. The lowest BCUT2D eigenvalue weighted by Gasteiger charge is -2.12. The van der Waals surface area contributed by atoms with Crippen LogP contribution in [0.15, 0.2) is 91.4 Å². The summed E-state index contributed by atoms with van der Waals surface area (Å²) in [6, 6.07) is 22.2. The molecule has 0 radical (unpaired) electrons. The minimum Gasteiger partial charge on any atom is -0.489 e. The fourth-order valence-electron chi connectivity index (χ4n) is 3.39. The van der Waals surface area contributed by atoms with Crippen molar-refractivity contribution in [1.29, 1.82) is 0 Å². The van der Waals surface area contributed by atoms with E-state index < -0.39 is 0 Å². The van der Waals surface area contributed by atoms with E-state index in [-0.39, 0.29) is 11.9 Å². The Morgan fingerprint density at radius 3 is 2.43 bits per heavy atom. The number of carbonyl (C=O) groups is 2. The first-order valence-electron chi connectivity index (χ1n) is 11.1. The molecule has 0 fully saturated rings. The molecular formula is C27H25N5O3. The van der Waals surface area contributed by atoms with E-state index in [0.717, 1.165) is 22.3 Å². The molecule has 0 saturated heterocycles. The maximum absolute atomic E-state index is 12.1. The summed E-state index contributed by atoms with van der Waals surface area (Å²) < 4.78 is 5.98. The van der Waals surface area contributed by atoms with Gasteiger partial charge in [-0.15, -0.1) is 0 Å².